The molecule has 1 amide bonds. The lowest BCUT2D eigenvalue weighted by atomic mass is 10.0. The first kappa shape index (κ1) is 31.2. The molecule has 1 N–H and O–H groups in total. The second kappa shape index (κ2) is 14.4. The van der Waals surface area contributed by atoms with E-state index in [-0.39, 0.29) is 38.0 Å². The fourth-order valence-electron chi connectivity index (χ4n) is 4.92. The Morgan fingerprint density at radius 3 is 2.60 bits per heavy atom. The van der Waals surface area contributed by atoms with Crippen molar-refractivity contribution in [1.29, 1.82) is 0 Å². The van der Waals surface area contributed by atoms with Crippen molar-refractivity contribution in [3.05, 3.63) is 71.8 Å². The van der Waals surface area contributed by atoms with E-state index in [0.29, 0.717) is 37.7 Å². The highest BCUT2D eigenvalue weighted by molar-refractivity contribution is 5.77. The number of carbonyl (C=O) groups excluding carboxylic acids is 1. The van der Waals surface area contributed by atoms with Gasteiger partial charge in [-0.1, -0.05) is 6.07 Å². The Kier molecular flexibility index (Phi) is 10.7. The van der Waals surface area contributed by atoms with Crippen molar-refractivity contribution >= 4 is 5.91 Å². The quantitative estimate of drug-likeness (QED) is 0.305. The zero-order chi connectivity index (χ0) is 30.1. The summed E-state index contributed by atoms with van der Waals surface area (Å²) < 4.78 is 51.4. The standard InChI is InChI=1S/C30H38F2N4O6/c1-22-33-9-11-35(22)10-4-14-41-27-8-5-23(15-28(27)40-3)17-34-12-13-36(29(37)18-39-2)20-30(38,19-34)21-42-24-6-7-25(31)26(32)16-24/h5-9,11,15-16,38H,4,10,12-14,17-21H2,1-3H3. The molecule has 0 radical (unpaired) electrons. The summed E-state index contributed by atoms with van der Waals surface area (Å²) >= 11 is 0. The van der Waals surface area contributed by atoms with Crippen LogP contribution < -0.4 is 14.2 Å². The van der Waals surface area contributed by atoms with E-state index in [4.69, 9.17) is 18.9 Å². The molecule has 3 aromatic rings. The van der Waals surface area contributed by atoms with Gasteiger partial charge in [-0.15, -0.1) is 0 Å². The van der Waals surface area contributed by atoms with Crippen LogP contribution in [-0.2, 0) is 22.6 Å². The third-order valence-electron chi connectivity index (χ3n) is 7.07. The van der Waals surface area contributed by atoms with Gasteiger partial charge < -0.3 is 33.5 Å². The van der Waals surface area contributed by atoms with Gasteiger partial charge in [-0.05, 0) is 43.2 Å². The van der Waals surface area contributed by atoms with Crippen molar-refractivity contribution in [1.82, 2.24) is 19.4 Å². The summed E-state index contributed by atoms with van der Waals surface area (Å²) in [5, 5.41) is 11.6. The van der Waals surface area contributed by atoms with E-state index in [1.807, 2.05) is 36.2 Å². The van der Waals surface area contributed by atoms with Crippen LogP contribution in [0.1, 0.15) is 17.8 Å². The molecule has 0 saturated carbocycles. The molecular weight excluding hydrogens is 550 g/mol. The van der Waals surface area contributed by atoms with Crippen LogP contribution >= 0.6 is 0 Å². The van der Waals surface area contributed by atoms with Gasteiger partial charge in [0.1, 0.15) is 30.4 Å². The maximum atomic E-state index is 13.7. The molecule has 1 atom stereocenters. The largest absolute Gasteiger partial charge is 0.493 e. The minimum absolute atomic E-state index is 0.00985. The Morgan fingerprint density at radius 1 is 1.05 bits per heavy atom. The number of carbonyl (C=O) groups is 1. The van der Waals surface area contributed by atoms with Crippen molar-refractivity contribution in [2.75, 3.05) is 60.2 Å². The number of rotatable bonds is 13. The van der Waals surface area contributed by atoms with Crippen molar-refractivity contribution < 1.29 is 37.6 Å². The molecule has 1 fully saturated rings. The molecule has 42 heavy (non-hydrogen) atoms. The number of halogens is 2. The molecule has 2 aromatic carbocycles. The predicted octanol–water partition coefficient (Wildman–Crippen LogP) is 3.05. The first-order valence-electron chi connectivity index (χ1n) is 13.8. The fourth-order valence-corrected chi connectivity index (χ4v) is 4.92. The molecule has 0 bridgehead atoms. The van der Waals surface area contributed by atoms with Crippen LogP contribution in [0.4, 0.5) is 8.78 Å². The Labute approximate surface area is 244 Å². The molecule has 228 valence electrons. The number of hydrogen-bond acceptors (Lipinski definition) is 8. The minimum atomic E-state index is -1.49. The van der Waals surface area contributed by atoms with Crippen LogP contribution in [0.25, 0.3) is 0 Å². The Hall–Kier alpha value is -3.74. The molecule has 4 rings (SSSR count). The zero-order valence-corrected chi connectivity index (χ0v) is 24.2. The van der Waals surface area contributed by atoms with Gasteiger partial charge in [-0.25, -0.2) is 13.8 Å². The topological polar surface area (TPSA) is 98.5 Å². The van der Waals surface area contributed by atoms with Gasteiger partial charge in [0.05, 0.1) is 20.3 Å². The number of aryl methyl sites for hydroxylation is 2. The van der Waals surface area contributed by atoms with Gasteiger partial charge in [-0.3, -0.25) is 9.69 Å². The molecule has 1 saturated heterocycles. The SMILES string of the molecule is COCC(=O)N1CCN(Cc2ccc(OCCCn3ccnc3C)c(OC)c2)CC(O)(COc2ccc(F)c(F)c2)C1. The van der Waals surface area contributed by atoms with Crippen LogP contribution in [0.15, 0.2) is 48.8 Å². The van der Waals surface area contributed by atoms with Gasteiger partial charge >= 0.3 is 0 Å². The average Bonchev–Trinajstić information content (AvgIpc) is 3.30. The van der Waals surface area contributed by atoms with Crippen molar-refractivity contribution in [2.45, 2.75) is 32.0 Å². The average molecular weight is 589 g/mol. The normalized spacial score (nSPS) is 17.6. The predicted molar refractivity (Wildman–Crippen MR) is 151 cm³/mol. The monoisotopic (exact) mass is 588 g/mol. The molecule has 2 heterocycles. The number of β-amino-alcohol motifs (C(OH)–C–C–N with tert-alkyl or cyclic N) is 1. The van der Waals surface area contributed by atoms with E-state index in [1.54, 1.807) is 13.3 Å². The van der Waals surface area contributed by atoms with Gasteiger partial charge in [0.15, 0.2) is 23.1 Å². The summed E-state index contributed by atoms with van der Waals surface area (Å²) in [6.45, 7) is 4.37. The van der Waals surface area contributed by atoms with Crippen LogP contribution in [0.5, 0.6) is 17.2 Å². The summed E-state index contributed by atoms with van der Waals surface area (Å²) in [7, 11) is 3.02. The summed E-state index contributed by atoms with van der Waals surface area (Å²) in [4.78, 5) is 20.4. The van der Waals surface area contributed by atoms with Gasteiger partial charge in [0.2, 0.25) is 5.91 Å². The number of aliphatic hydroxyl groups is 1. The van der Waals surface area contributed by atoms with E-state index in [2.05, 4.69) is 9.55 Å². The Balaban J connectivity index is 1.42. The van der Waals surface area contributed by atoms with Crippen LogP contribution in [-0.4, -0.2) is 96.2 Å². The second-order valence-corrected chi connectivity index (χ2v) is 10.4. The molecule has 0 aliphatic carbocycles. The molecule has 10 nitrogen and oxygen atoms in total. The minimum Gasteiger partial charge on any atom is -0.493 e. The number of nitrogens with zero attached hydrogens (tertiary/aromatic N) is 4. The smallest absolute Gasteiger partial charge is 0.248 e. The van der Waals surface area contributed by atoms with E-state index in [1.165, 1.54) is 18.1 Å². The molecule has 1 aliphatic rings. The van der Waals surface area contributed by atoms with Crippen LogP contribution in [0.2, 0.25) is 0 Å². The summed E-state index contributed by atoms with van der Waals surface area (Å²) in [6, 6.07) is 8.87. The third-order valence-corrected chi connectivity index (χ3v) is 7.07. The van der Waals surface area contributed by atoms with Crippen molar-refractivity contribution in [3.8, 4) is 17.2 Å². The fraction of sp³-hybridized carbons (Fsp3) is 0.467. The summed E-state index contributed by atoms with van der Waals surface area (Å²) in [6.07, 6.45) is 4.52. The molecule has 0 spiro atoms. The van der Waals surface area contributed by atoms with Crippen molar-refractivity contribution in [2.24, 2.45) is 0 Å². The van der Waals surface area contributed by atoms with Crippen LogP contribution in [0.3, 0.4) is 0 Å². The number of amides is 1. The lowest BCUT2D eigenvalue weighted by Gasteiger charge is -2.33. The Morgan fingerprint density at radius 2 is 1.88 bits per heavy atom. The molecule has 1 unspecified atom stereocenters. The van der Waals surface area contributed by atoms with Gasteiger partial charge in [-0.2, -0.15) is 0 Å². The van der Waals surface area contributed by atoms with E-state index < -0.39 is 17.2 Å². The number of methoxy groups -OCH3 is 2. The number of hydrogen-bond donors (Lipinski definition) is 1. The number of imidazole rings is 1. The lowest BCUT2D eigenvalue weighted by molar-refractivity contribution is -0.138. The highest BCUT2D eigenvalue weighted by atomic mass is 19.2. The maximum absolute atomic E-state index is 13.7. The zero-order valence-electron chi connectivity index (χ0n) is 24.2. The molecule has 1 aromatic heterocycles. The van der Waals surface area contributed by atoms with Crippen molar-refractivity contribution in [3.63, 3.8) is 0 Å². The summed E-state index contributed by atoms with van der Waals surface area (Å²) in [5.41, 5.74) is -0.570. The van der Waals surface area contributed by atoms with Gasteiger partial charge in [0.25, 0.3) is 0 Å². The van der Waals surface area contributed by atoms with E-state index in [0.717, 1.165) is 36.5 Å². The second-order valence-electron chi connectivity index (χ2n) is 10.4. The number of benzene rings is 2. The molecule has 1 aliphatic heterocycles. The maximum Gasteiger partial charge on any atom is 0.248 e. The molecule has 12 heteroatoms. The Bertz CT molecular complexity index is 1340. The first-order valence-corrected chi connectivity index (χ1v) is 13.8. The third kappa shape index (κ3) is 8.40. The van der Waals surface area contributed by atoms with Crippen LogP contribution in [0, 0.1) is 18.6 Å². The molecular formula is C30H38F2N4O6. The number of aromatic nitrogens is 2. The first-order chi connectivity index (χ1) is 20.2. The number of ether oxygens (including phenoxy) is 4. The van der Waals surface area contributed by atoms with Gasteiger partial charge in [0, 0.05) is 58.3 Å². The highest BCUT2D eigenvalue weighted by Gasteiger charge is 2.37. The lowest BCUT2D eigenvalue weighted by Crippen LogP contribution is -2.52. The van der Waals surface area contributed by atoms with E-state index >= 15 is 0 Å². The van der Waals surface area contributed by atoms with E-state index in [9.17, 15) is 18.7 Å². The highest BCUT2D eigenvalue weighted by Crippen LogP contribution is 2.29. The summed E-state index contributed by atoms with van der Waals surface area (Å²) in [5.74, 6) is -0.0463.